The Hall–Kier alpha value is -0.540. The lowest BCUT2D eigenvalue weighted by Gasteiger charge is -2.33. The van der Waals surface area contributed by atoms with Gasteiger partial charge in [0.25, 0.3) is 0 Å². The topological polar surface area (TPSA) is 29.3 Å². The average Bonchev–Trinajstić information content (AvgIpc) is 2.92. The van der Waals surface area contributed by atoms with Crippen LogP contribution in [0.15, 0.2) is 22.7 Å². The molecule has 3 heteroatoms. The van der Waals surface area contributed by atoms with E-state index in [2.05, 4.69) is 52.9 Å². The van der Waals surface area contributed by atoms with Crippen molar-refractivity contribution < 1.29 is 0 Å². The van der Waals surface area contributed by atoms with Crippen molar-refractivity contribution in [1.29, 1.82) is 0 Å². The molecule has 0 amide bonds. The van der Waals surface area contributed by atoms with Gasteiger partial charge in [-0.3, -0.25) is 0 Å². The fourth-order valence-electron chi connectivity index (χ4n) is 3.15. The molecule has 0 aliphatic heterocycles. The number of halogens is 1. The van der Waals surface area contributed by atoms with Crippen molar-refractivity contribution in [1.82, 2.24) is 0 Å². The Bertz CT molecular complexity index is 425. The lowest BCUT2D eigenvalue weighted by molar-refractivity contribution is 0.536. The van der Waals surface area contributed by atoms with E-state index in [4.69, 9.17) is 5.73 Å². The van der Waals surface area contributed by atoms with E-state index in [-0.39, 0.29) is 0 Å². The van der Waals surface area contributed by atoms with Crippen LogP contribution >= 0.6 is 15.9 Å². The predicted octanol–water partition coefficient (Wildman–Crippen LogP) is 4.36. The maximum atomic E-state index is 5.66. The largest absolute Gasteiger partial charge is 0.368 e. The molecule has 1 aliphatic carbocycles. The monoisotopic (exact) mass is 338 g/mol. The van der Waals surface area contributed by atoms with Crippen molar-refractivity contribution in [2.24, 2.45) is 11.7 Å². The van der Waals surface area contributed by atoms with Crippen molar-refractivity contribution in [3.05, 3.63) is 28.2 Å². The maximum absolute atomic E-state index is 5.66. The lowest BCUT2D eigenvalue weighted by atomic mass is 10.1. The first-order valence-corrected chi connectivity index (χ1v) is 8.66. The highest BCUT2D eigenvalue weighted by molar-refractivity contribution is 9.10. The summed E-state index contributed by atoms with van der Waals surface area (Å²) < 4.78 is 1.20. The Kier molecular flexibility index (Phi) is 5.91. The molecule has 20 heavy (non-hydrogen) atoms. The third-order valence-electron chi connectivity index (χ3n) is 4.11. The smallest absolute Gasteiger partial charge is 0.0380 e. The van der Waals surface area contributed by atoms with Gasteiger partial charge in [-0.05, 0) is 49.4 Å². The summed E-state index contributed by atoms with van der Waals surface area (Å²) >= 11 is 3.71. The van der Waals surface area contributed by atoms with Gasteiger partial charge in [0.2, 0.25) is 0 Å². The summed E-state index contributed by atoms with van der Waals surface area (Å²) in [4.78, 5) is 2.62. The van der Waals surface area contributed by atoms with Crippen LogP contribution in [0.5, 0.6) is 0 Å². The first-order valence-electron chi connectivity index (χ1n) is 7.87. The van der Waals surface area contributed by atoms with Crippen LogP contribution in [0.25, 0.3) is 0 Å². The number of nitrogens with two attached hydrogens (primary N) is 1. The molecule has 0 radical (unpaired) electrons. The van der Waals surface area contributed by atoms with Crippen LogP contribution < -0.4 is 10.6 Å². The Morgan fingerprint density at radius 3 is 2.55 bits per heavy atom. The molecule has 1 fully saturated rings. The molecule has 1 aromatic rings. The second kappa shape index (κ2) is 7.46. The molecular formula is C17H27BrN2. The fraction of sp³-hybridized carbons (Fsp3) is 0.647. The van der Waals surface area contributed by atoms with Gasteiger partial charge in [-0.25, -0.2) is 0 Å². The Labute approximate surface area is 131 Å². The van der Waals surface area contributed by atoms with Crippen molar-refractivity contribution in [2.45, 2.75) is 52.0 Å². The van der Waals surface area contributed by atoms with E-state index < -0.39 is 0 Å². The summed E-state index contributed by atoms with van der Waals surface area (Å²) in [5.74, 6) is 0.693. The number of anilines is 1. The highest BCUT2D eigenvalue weighted by atomic mass is 79.9. The fourth-order valence-corrected chi connectivity index (χ4v) is 3.71. The molecule has 0 spiro atoms. The SMILES string of the molecule is CC(C)CN(c1ccc(CCN)c(Br)c1)C1CCCC1. The zero-order valence-corrected chi connectivity index (χ0v) is 14.3. The number of hydrogen-bond donors (Lipinski definition) is 1. The van der Waals surface area contributed by atoms with E-state index in [9.17, 15) is 0 Å². The van der Waals surface area contributed by atoms with Gasteiger partial charge in [0.1, 0.15) is 0 Å². The number of rotatable bonds is 6. The van der Waals surface area contributed by atoms with Crippen molar-refractivity contribution in [2.75, 3.05) is 18.0 Å². The van der Waals surface area contributed by atoms with Crippen LogP contribution in [0.2, 0.25) is 0 Å². The Balaban J connectivity index is 2.21. The quantitative estimate of drug-likeness (QED) is 0.835. The van der Waals surface area contributed by atoms with Gasteiger partial charge in [-0.15, -0.1) is 0 Å². The van der Waals surface area contributed by atoms with Gasteiger partial charge >= 0.3 is 0 Å². The molecule has 2 nitrogen and oxygen atoms in total. The lowest BCUT2D eigenvalue weighted by Crippen LogP contribution is -2.36. The van der Waals surface area contributed by atoms with E-state index >= 15 is 0 Å². The molecule has 2 N–H and O–H groups in total. The predicted molar refractivity (Wildman–Crippen MR) is 91.3 cm³/mol. The van der Waals surface area contributed by atoms with Gasteiger partial charge in [-0.1, -0.05) is 48.7 Å². The van der Waals surface area contributed by atoms with E-state index in [1.54, 1.807) is 0 Å². The number of benzene rings is 1. The van der Waals surface area contributed by atoms with Crippen LogP contribution in [-0.4, -0.2) is 19.1 Å². The minimum atomic E-state index is 0.693. The van der Waals surface area contributed by atoms with Crippen molar-refractivity contribution in [3.8, 4) is 0 Å². The highest BCUT2D eigenvalue weighted by Gasteiger charge is 2.23. The minimum Gasteiger partial charge on any atom is -0.368 e. The normalized spacial score (nSPS) is 16.1. The van der Waals surface area contributed by atoms with Crippen molar-refractivity contribution >= 4 is 21.6 Å². The van der Waals surface area contributed by atoms with Crippen LogP contribution in [-0.2, 0) is 6.42 Å². The molecular weight excluding hydrogens is 312 g/mol. The zero-order valence-electron chi connectivity index (χ0n) is 12.7. The summed E-state index contributed by atoms with van der Waals surface area (Å²) in [7, 11) is 0. The molecule has 1 aromatic carbocycles. The molecule has 1 aliphatic rings. The molecule has 0 atom stereocenters. The summed E-state index contributed by atoms with van der Waals surface area (Å²) in [5, 5.41) is 0. The van der Waals surface area contributed by atoms with E-state index in [1.165, 1.54) is 41.4 Å². The van der Waals surface area contributed by atoms with Gasteiger partial charge in [0.05, 0.1) is 0 Å². The molecule has 0 saturated heterocycles. The van der Waals surface area contributed by atoms with Gasteiger partial charge in [0, 0.05) is 22.7 Å². The molecule has 0 heterocycles. The molecule has 0 unspecified atom stereocenters. The van der Waals surface area contributed by atoms with Crippen LogP contribution in [0.4, 0.5) is 5.69 Å². The third kappa shape index (κ3) is 3.98. The van der Waals surface area contributed by atoms with Gasteiger partial charge in [-0.2, -0.15) is 0 Å². The van der Waals surface area contributed by atoms with Crippen LogP contribution in [0, 0.1) is 5.92 Å². The third-order valence-corrected chi connectivity index (χ3v) is 4.85. The Morgan fingerprint density at radius 2 is 2.00 bits per heavy atom. The van der Waals surface area contributed by atoms with Crippen LogP contribution in [0.1, 0.15) is 45.1 Å². The zero-order chi connectivity index (χ0) is 14.5. The molecule has 0 aromatic heterocycles. The first kappa shape index (κ1) is 15.8. The van der Waals surface area contributed by atoms with Crippen molar-refractivity contribution in [3.63, 3.8) is 0 Å². The second-order valence-corrected chi connectivity index (χ2v) is 7.15. The number of nitrogens with zero attached hydrogens (tertiary/aromatic N) is 1. The molecule has 112 valence electrons. The summed E-state index contributed by atoms with van der Waals surface area (Å²) in [6, 6.07) is 7.51. The van der Waals surface area contributed by atoms with E-state index in [0.717, 1.165) is 19.0 Å². The van der Waals surface area contributed by atoms with Gasteiger partial charge in [0.15, 0.2) is 0 Å². The first-order chi connectivity index (χ1) is 9.61. The molecule has 2 rings (SSSR count). The molecule has 0 bridgehead atoms. The van der Waals surface area contributed by atoms with Gasteiger partial charge < -0.3 is 10.6 Å². The maximum Gasteiger partial charge on any atom is 0.0380 e. The summed E-state index contributed by atoms with van der Waals surface area (Å²) in [5.41, 5.74) is 8.33. The van der Waals surface area contributed by atoms with Crippen LogP contribution in [0.3, 0.4) is 0 Å². The average molecular weight is 339 g/mol. The summed E-state index contributed by atoms with van der Waals surface area (Å²) in [6.45, 7) is 6.46. The second-order valence-electron chi connectivity index (χ2n) is 6.30. The van der Waals surface area contributed by atoms with E-state index in [0.29, 0.717) is 12.5 Å². The standard InChI is InChI=1S/C17H27BrN2/c1-13(2)12-20(15-5-3-4-6-15)16-8-7-14(9-10-19)17(18)11-16/h7-8,11,13,15H,3-6,9-10,12,19H2,1-2H3. The minimum absolute atomic E-state index is 0.693. The van der Waals surface area contributed by atoms with E-state index in [1.807, 2.05) is 0 Å². The Morgan fingerprint density at radius 1 is 1.30 bits per heavy atom. The number of hydrogen-bond acceptors (Lipinski definition) is 2. The molecule has 1 saturated carbocycles. The summed E-state index contributed by atoms with van der Waals surface area (Å²) in [6.07, 6.45) is 6.38. The highest BCUT2D eigenvalue weighted by Crippen LogP contribution is 2.31.